The SMILES string of the molecule is CB1CCc2cc(Cc3ccc(C#N)cc3)ccc21.CC. The van der Waals surface area contributed by atoms with Gasteiger partial charge in [0.1, 0.15) is 0 Å². The lowest BCUT2D eigenvalue weighted by atomic mass is 9.48. The Bertz CT molecular complexity index is 638. The van der Waals surface area contributed by atoms with E-state index < -0.39 is 0 Å². The Balaban J connectivity index is 0.000000774. The average Bonchev–Trinajstić information content (AvgIpc) is 2.91. The molecule has 0 saturated heterocycles. The standard InChI is InChI=1S/C17H16BN.C2H6/c1-18-9-8-16-11-15(6-7-17(16)18)10-13-2-4-14(12-19)5-3-13;1-2/h2-7,11H,8-10H2,1H3;1-2H3. The maximum atomic E-state index is 8.80. The molecule has 1 nitrogen and oxygen atoms in total. The van der Waals surface area contributed by atoms with Crippen molar-refractivity contribution in [3.63, 3.8) is 0 Å². The Hall–Kier alpha value is -2.01. The molecular formula is C19H22BN. The maximum Gasteiger partial charge on any atom is 0.173 e. The zero-order valence-corrected chi connectivity index (χ0v) is 13.2. The van der Waals surface area contributed by atoms with Gasteiger partial charge in [-0.2, -0.15) is 5.26 Å². The summed E-state index contributed by atoms with van der Waals surface area (Å²) in [6.07, 6.45) is 3.46. The zero-order valence-electron chi connectivity index (χ0n) is 13.2. The first-order valence-electron chi connectivity index (χ1n) is 7.87. The fourth-order valence-electron chi connectivity index (χ4n) is 2.93. The lowest BCUT2D eigenvalue weighted by Crippen LogP contribution is -2.22. The first kappa shape index (κ1) is 15.4. The summed E-state index contributed by atoms with van der Waals surface area (Å²) in [6.45, 7) is 7.03. The lowest BCUT2D eigenvalue weighted by molar-refractivity contribution is 1.13. The van der Waals surface area contributed by atoms with Gasteiger partial charge in [-0.3, -0.25) is 0 Å². The number of benzene rings is 2. The second kappa shape index (κ2) is 7.13. The molecule has 1 heterocycles. The van der Waals surface area contributed by atoms with Crippen LogP contribution >= 0.6 is 0 Å². The Labute approximate surface area is 128 Å². The predicted octanol–water partition coefficient (Wildman–Crippen LogP) is 4.06. The normalized spacial score (nSPS) is 12.2. The van der Waals surface area contributed by atoms with E-state index in [-0.39, 0.29) is 0 Å². The van der Waals surface area contributed by atoms with Gasteiger partial charge in [0, 0.05) is 0 Å². The van der Waals surface area contributed by atoms with Crippen LogP contribution in [0.4, 0.5) is 0 Å². The van der Waals surface area contributed by atoms with Gasteiger partial charge in [-0.15, -0.1) is 0 Å². The highest BCUT2D eigenvalue weighted by atomic mass is 14.2. The van der Waals surface area contributed by atoms with Crippen molar-refractivity contribution in [2.24, 2.45) is 0 Å². The van der Waals surface area contributed by atoms with Crippen molar-refractivity contribution in [1.29, 1.82) is 5.26 Å². The van der Waals surface area contributed by atoms with Crippen molar-refractivity contribution >= 4 is 12.2 Å². The van der Waals surface area contributed by atoms with Crippen molar-refractivity contribution < 1.29 is 0 Å². The molecule has 2 aromatic carbocycles. The quantitative estimate of drug-likeness (QED) is 0.758. The topological polar surface area (TPSA) is 23.8 Å². The number of rotatable bonds is 2. The average molecular weight is 275 g/mol. The first-order valence-corrected chi connectivity index (χ1v) is 7.87. The van der Waals surface area contributed by atoms with Crippen LogP contribution in [0.1, 0.15) is 36.1 Å². The van der Waals surface area contributed by atoms with Crippen LogP contribution in [-0.4, -0.2) is 6.71 Å². The van der Waals surface area contributed by atoms with Gasteiger partial charge in [-0.25, -0.2) is 0 Å². The molecule has 1 aliphatic heterocycles. The van der Waals surface area contributed by atoms with Gasteiger partial charge in [0.05, 0.1) is 11.6 Å². The number of nitriles is 1. The highest BCUT2D eigenvalue weighted by molar-refractivity contribution is 6.73. The van der Waals surface area contributed by atoms with Gasteiger partial charge < -0.3 is 0 Å². The van der Waals surface area contributed by atoms with E-state index in [0.29, 0.717) is 0 Å². The highest BCUT2D eigenvalue weighted by Crippen LogP contribution is 2.18. The van der Waals surface area contributed by atoms with Crippen LogP contribution < -0.4 is 5.46 Å². The summed E-state index contributed by atoms with van der Waals surface area (Å²) in [6, 6.07) is 16.9. The molecule has 0 amide bonds. The molecule has 2 aromatic rings. The van der Waals surface area contributed by atoms with Crippen LogP contribution in [0.25, 0.3) is 0 Å². The van der Waals surface area contributed by atoms with Crippen molar-refractivity contribution in [3.05, 3.63) is 64.7 Å². The summed E-state index contributed by atoms with van der Waals surface area (Å²) in [4.78, 5) is 0. The third-order valence-electron chi connectivity index (χ3n) is 4.08. The molecule has 2 heteroatoms. The number of hydrogen-bond acceptors (Lipinski definition) is 1. The Morgan fingerprint density at radius 2 is 1.71 bits per heavy atom. The first-order chi connectivity index (χ1) is 10.3. The monoisotopic (exact) mass is 275 g/mol. The molecule has 0 saturated carbocycles. The molecule has 3 rings (SSSR count). The van der Waals surface area contributed by atoms with Crippen molar-refractivity contribution in [3.8, 4) is 6.07 Å². The van der Waals surface area contributed by atoms with E-state index in [0.717, 1.165) is 18.7 Å². The predicted molar refractivity (Wildman–Crippen MR) is 91.5 cm³/mol. The molecule has 0 aliphatic carbocycles. The van der Waals surface area contributed by atoms with E-state index in [1.807, 2.05) is 26.0 Å². The molecule has 0 bridgehead atoms. The van der Waals surface area contributed by atoms with Crippen LogP contribution in [0.5, 0.6) is 0 Å². The van der Waals surface area contributed by atoms with E-state index >= 15 is 0 Å². The maximum absolute atomic E-state index is 8.80. The molecule has 106 valence electrons. The minimum absolute atomic E-state index is 0.721. The molecule has 0 atom stereocenters. The summed E-state index contributed by atoms with van der Waals surface area (Å²) in [7, 11) is 0. The molecule has 0 radical (unpaired) electrons. The van der Waals surface area contributed by atoms with Gasteiger partial charge in [-0.1, -0.05) is 68.3 Å². The lowest BCUT2D eigenvalue weighted by Gasteiger charge is -2.07. The smallest absolute Gasteiger partial charge is 0.173 e. The van der Waals surface area contributed by atoms with Gasteiger partial charge in [-0.05, 0) is 36.1 Å². The minimum atomic E-state index is 0.721. The minimum Gasteiger partial charge on any atom is -0.192 e. The zero-order chi connectivity index (χ0) is 15.2. The molecule has 0 aromatic heterocycles. The van der Waals surface area contributed by atoms with Gasteiger partial charge in [0.2, 0.25) is 0 Å². The number of hydrogen-bond donors (Lipinski definition) is 0. The second-order valence-electron chi connectivity index (χ2n) is 5.46. The van der Waals surface area contributed by atoms with E-state index in [4.69, 9.17) is 5.26 Å². The number of aryl methyl sites for hydroxylation is 1. The second-order valence-corrected chi connectivity index (χ2v) is 5.46. The Morgan fingerprint density at radius 1 is 1.05 bits per heavy atom. The van der Waals surface area contributed by atoms with E-state index in [1.165, 1.54) is 34.9 Å². The Kier molecular flexibility index (Phi) is 5.23. The number of nitrogens with zero attached hydrogens (tertiary/aromatic N) is 1. The molecule has 0 spiro atoms. The fraction of sp³-hybridized carbons (Fsp3) is 0.316. The largest absolute Gasteiger partial charge is 0.192 e. The van der Waals surface area contributed by atoms with Gasteiger partial charge >= 0.3 is 0 Å². The third kappa shape index (κ3) is 3.55. The molecule has 21 heavy (non-hydrogen) atoms. The number of fused-ring (bicyclic) bond motifs is 1. The van der Waals surface area contributed by atoms with Crippen LogP contribution in [0, 0.1) is 11.3 Å². The Morgan fingerprint density at radius 3 is 2.38 bits per heavy atom. The van der Waals surface area contributed by atoms with Crippen LogP contribution in [0.15, 0.2) is 42.5 Å². The van der Waals surface area contributed by atoms with Gasteiger partial charge in [0.15, 0.2) is 6.71 Å². The van der Waals surface area contributed by atoms with Crippen LogP contribution in [0.3, 0.4) is 0 Å². The molecule has 1 aliphatic rings. The summed E-state index contributed by atoms with van der Waals surface area (Å²) >= 11 is 0. The third-order valence-corrected chi connectivity index (χ3v) is 4.08. The molecule has 0 N–H and O–H groups in total. The van der Waals surface area contributed by atoms with E-state index in [2.05, 4.69) is 43.2 Å². The van der Waals surface area contributed by atoms with Gasteiger partial charge in [0.25, 0.3) is 0 Å². The van der Waals surface area contributed by atoms with Crippen molar-refractivity contribution in [2.45, 2.75) is 39.8 Å². The molecule has 0 unspecified atom stereocenters. The fourth-order valence-corrected chi connectivity index (χ4v) is 2.93. The van der Waals surface area contributed by atoms with E-state index in [1.54, 1.807) is 0 Å². The molecule has 0 fully saturated rings. The van der Waals surface area contributed by atoms with Crippen molar-refractivity contribution in [1.82, 2.24) is 0 Å². The van der Waals surface area contributed by atoms with Crippen molar-refractivity contribution in [2.75, 3.05) is 0 Å². The van der Waals surface area contributed by atoms with Crippen LogP contribution in [0.2, 0.25) is 13.1 Å². The summed E-state index contributed by atoms with van der Waals surface area (Å²) in [5, 5.41) is 8.80. The summed E-state index contributed by atoms with van der Waals surface area (Å²) < 4.78 is 0. The van der Waals surface area contributed by atoms with Crippen LogP contribution in [-0.2, 0) is 12.8 Å². The molecular weight excluding hydrogens is 253 g/mol. The highest BCUT2D eigenvalue weighted by Gasteiger charge is 2.21. The summed E-state index contributed by atoms with van der Waals surface area (Å²) in [5.74, 6) is 0. The summed E-state index contributed by atoms with van der Waals surface area (Å²) in [5.41, 5.74) is 6.43. The van der Waals surface area contributed by atoms with E-state index in [9.17, 15) is 0 Å².